The average Bonchev–Trinajstić information content (AvgIpc) is 3.14. The van der Waals surface area contributed by atoms with E-state index < -0.39 is 10.9 Å². The van der Waals surface area contributed by atoms with E-state index in [1.54, 1.807) is 16.9 Å². The Morgan fingerprint density at radius 2 is 2.19 bits per heavy atom. The highest BCUT2D eigenvalue weighted by Crippen LogP contribution is 2.27. The standard InChI is InChI=1S/C17H15N5O4/c1-26-17(23)13-9-15(22(24)25)16(18-10-13)20-14-5-2-4-12(8-14)11-21-7-3-6-19-21/h2-10H,11H2,1H3,(H,18,20). The third-order valence-corrected chi connectivity index (χ3v) is 3.58. The average molecular weight is 353 g/mol. The Morgan fingerprint density at radius 3 is 2.88 bits per heavy atom. The lowest BCUT2D eigenvalue weighted by Crippen LogP contribution is -2.06. The minimum atomic E-state index is -0.687. The van der Waals surface area contributed by atoms with Gasteiger partial charge < -0.3 is 10.1 Å². The molecule has 0 unspecified atom stereocenters. The van der Waals surface area contributed by atoms with E-state index in [9.17, 15) is 14.9 Å². The molecule has 0 aliphatic carbocycles. The lowest BCUT2D eigenvalue weighted by atomic mass is 10.2. The van der Waals surface area contributed by atoms with Gasteiger partial charge in [-0.1, -0.05) is 12.1 Å². The molecule has 0 fully saturated rings. The molecule has 2 heterocycles. The van der Waals surface area contributed by atoms with Crippen LogP contribution in [0.5, 0.6) is 0 Å². The van der Waals surface area contributed by atoms with Gasteiger partial charge in [0.2, 0.25) is 5.82 Å². The van der Waals surface area contributed by atoms with Crippen molar-refractivity contribution in [3.8, 4) is 0 Å². The molecule has 9 heteroatoms. The van der Waals surface area contributed by atoms with Crippen LogP contribution < -0.4 is 5.32 Å². The summed E-state index contributed by atoms with van der Waals surface area (Å²) >= 11 is 0. The largest absolute Gasteiger partial charge is 0.465 e. The van der Waals surface area contributed by atoms with E-state index in [1.807, 2.05) is 30.5 Å². The molecule has 0 aliphatic heterocycles. The fraction of sp³-hybridized carbons (Fsp3) is 0.118. The maximum absolute atomic E-state index is 11.5. The second-order valence-corrected chi connectivity index (χ2v) is 5.37. The van der Waals surface area contributed by atoms with Crippen molar-refractivity contribution in [1.82, 2.24) is 14.8 Å². The number of ether oxygens (including phenoxy) is 1. The van der Waals surface area contributed by atoms with Crippen LogP contribution in [0.4, 0.5) is 17.2 Å². The molecule has 1 N–H and O–H groups in total. The number of anilines is 2. The molecule has 132 valence electrons. The number of aromatic nitrogens is 3. The highest BCUT2D eigenvalue weighted by atomic mass is 16.6. The SMILES string of the molecule is COC(=O)c1cnc(Nc2cccc(Cn3cccn3)c2)c([N+](=O)[O-])c1. The highest BCUT2D eigenvalue weighted by Gasteiger charge is 2.19. The molecule has 9 nitrogen and oxygen atoms in total. The first-order valence-electron chi connectivity index (χ1n) is 7.63. The quantitative estimate of drug-likeness (QED) is 0.412. The number of carbonyl (C=O) groups is 1. The van der Waals surface area contributed by atoms with Crippen molar-refractivity contribution < 1.29 is 14.5 Å². The van der Waals surface area contributed by atoms with Crippen molar-refractivity contribution in [2.75, 3.05) is 12.4 Å². The van der Waals surface area contributed by atoms with E-state index in [0.717, 1.165) is 11.6 Å². The van der Waals surface area contributed by atoms with Gasteiger partial charge >= 0.3 is 11.7 Å². The number of hydrogen-bond donors (Lipinski definition) is 1. The van der Waals surface area contributed by atoms with Crippen molar-refractivity contribution in [2.45, 2.75) is 6.54 Å². The minimum absolute atomic E-state index is 0.0113. The van der Waals surface area contributed by atoms with Gasteiger partial charge in [0.1, 0.15) is 0 Å². The number of nitro groups is 1. The van der Waals surface area contributed by atoms with Crippen LogP contribution in [0.25, 0.3) is 0 Å². The van der Waals surface area contributed by atoms with Crippen LogP contribution in [-0.4, -0.2) is 32.8 Å². The molecule has 3 aromatic rings. The van der Waals surface area contributed by atoms with E-state index >= 15 is 0 Å². The zero-order valence-electron chi connectivity index (χ0n) is 13.8. The predicted molar refractivity (Wildman–Crippen MR) is 93.3 cm³/mol. The molecule has 0 saturated heterocycles. The number of benzene rings is 1. The van der Waals surface area contributed by atoms with Gasteiger partial charge in [0.05, 0.1) is 24.1 Å². The molecule has 0 saturated carbocycles. The first-order valence-corrected chi connectivity index (χ1v) is 7.63. The number of carbonyl (C=O) groups excluding carboxylic acids is 1. The van der Waals surface area contributed by atoms with Crippen molar-refractivity contribution in [2.24, 2.45) is 0 Å². The summed E-state index contributed by atoms with van der Waals surface area (Å²) in [5.41, 5.74) is 1.30. The normalized spacial score (nSPS) is 10.3. The second kappa shape index (κ2) is 7.43. The van der Waals surface area contributed by atoms with Crippen LogP contribution in [0.15, 0.2) is 55.0 Å². The zero-order chi connectivity index (χ0) is 18.5. The Labute approximate surface area is 148 Å². The summed E-state index contributed by atoms with van der Waals surface area (Å²) in [5, 5.41) is 18.4. The number of pyridine rings is 1. The van der Waals surface area contributed by atoms with E-state index in [2.05, 4.69) is 20.1 Å². The fourth-order valence-electron chi connectivity index (χ4n) is 2.38. The molecular formula is C17H15N5O4. The topological polar surface area (TPSA) is 112 Å². The molecule has 0 amide bonds. The lowest BCUT2D eigenvalue weighted by molar-refractivity contribution is -0.384. The van der Waals surface area contributed by atoms with E-state index in [-0.39, 0.29) is 17.1 Å². The summed E-state index contributed by atoms with van der Waals surface area (Å²) in [7, 11) is 1.20. The maximum atomic E-state index is 11.5. The summed E-state index contributed by atoms with van der Waals surface area (Å²) in [4.78, 5) is 26.3. The monoisotopic (exact) mass is 353 g/mol. The van der Waals surface area contributed by atoms with Gasteiger partial charge in [-0.3, -0.25) is 14.8 Å². The van der Waals surface area contributed by atoms with Crippen LogP contribution in [-0.2, 0) is 11.3 Å². The molecular weight excluding hydrogens is 338 g/mol. The summed E-state index contributed by atoms with van der Waals surface area (Å²) in [6, 6.07) is 10.3. The van der Waals surface area contributed by atoms with Gasteiger partial charge in [0, 0.05) is 30.3 Å². The number of esters is 1. The Morgan fingerprint density at radius 1 is 1.35 bits per heavy atom. The predicted octanol–water partition coefficient (Wildman–Crippen LogP) is 2.76. The van der Waals surface area contributed by atoms with E-state index in [4.69, 9.17) is 0 Å². The molecule has 26 heavy (non-hydrogen) atoms. The van der Waals surface area contributed by atoms with Gasteiger partial charge in [0.25, 0.3) is 0 Å². The van der Waals surface area contributed by atoms with E-state index in [0.29, 0.717) is 12.2 Å². The summed E-state index contributed by atoms with van der Waals surface area (Å²) in [6.45, 7) is 0.569. The molecule has 3 rings (SSSR count). The van der Waals surface area contributed by atoms with Crippen molar-refractivity contribution >= 4 is 23.2 Å². The zero-order valence-corrected chi connectivity index (χ0v) is 13.8. The minimum Gasteiger partial charge on any atom is -0.465 e. The first-order chi connectivity index (χ1) is 12.6. The van der Waals surface area contributed by atoms with Crippen LogP contribution in [0, 0.1) is 10.1 Å². The van der Waals surface area contributed by atoms with Crippen molar-refractivity contribution in [3.63, 3.8) is 0 Å². The van der Waals surface area contributed by atoms with Gasteiger partial charge in [-0.2, -0.15) is 5.10 Å². The number of nitrogens with zero attached hydrogens (tertiary/aromatic N) is 4. The van der Waals surface area contributed by atoms with Gasteiger partial charge in [-0.05, 0) is 23.8 Å². The van der Waals surface area contributed by atoms with Crippen molar-refractivity contribution in [1.29, 1.82) is 0 Å². The number of rotatable bonds is 6. The van der Waals surface area contributed by atoms with E-state index in [1.165, 1.54) is 13.3 Å². The Hall–Kier alpha value is -3.75. The maximum Gasteiger partial charge on any atom is 0.339 e. The third-order valence-electron chi connectivity index (χ3n) is 3.58. The number of nitrogens with one attached hydrogen (secondary N) is 1. The number of hydrogen-bond acceptors (Lipinski definition) is 7. The molecule has 0 radical (unpaired) electrons. The fourth-order valence-corrected chi connectivity index (χ4v) is 2.38. The molecule has 0 spiro atoms. The molecule has 0 bridgehead atoms. The third kappa shape index (κ3) is 3.83. The summed E-state index contributed by atoms with van der Waals surface area (Å²) < 4.78 is 6.33. The summed E-state index contributed by atoms with van der Waals surface area (Å²) in [5.74, 6) is -0.646. The van der Waals surface area contributed by atoms with Crippen molar-refractivity contribution in [3.05, 3.63) is 76.2 Å². The molecule has 1 aromatic carbocycles. The molecule has 0 atom stereocenters. The Bertz CT molecular complexity index is 940. The first kappa shape index (κ1) is 17.1. The Balaban J connectivity index is 1.86. The van der Waals surface area contributed by atoms with Crippen LogP contribution >= 0.6 is 0 Å². The van der Waals surface area contributed by atoms with Crippen LogP contribution in [0.1, 0.15) is 15.9 Å². The molecule has 0 aliphatic rings. The van der Waals surface area contributed by atoms with Crippen LogP contribution in [0.2, 0.25) is 0 Å². The second-order valence-electron chi connectivity index (χ2n) is 5.37. The molecule has 2 aromatic heterocycles. The highest BCUT2D eigenvalue weighted by molar-refractivity contribution is 5.90. The Kier molecular flexibility index (Phi) is 4.88. The van der Waals surface area contributed by atoms with Crippen LogP contribution in [0.3, 0.4) is 0 Å². The number of methoxy groups -OCH3 is 1. The van der Waals surface area contributed by atoms with Gasteiger partial charge in [-0.15, -0.1) is 0 Å². The lowest BCUT2D eigenvalue weighted by Gasteiger charge is -2.09. The van der Waals surface area contributed by atoms with Gasteiger partial charge in [0.15, 0.2) is 0 Å². The van der Waals surface area contributed by atoms with Gasteiger partial charge in [-0.25, -0.2) is 9.78 Å². The summed E-state index contributed by atoms with van der Waals surface area (Å²) in [6.07, 6.45) is 4.77. The smallest absolute Gasteiger partial charge is 0.339 e.